The first-order valence-electron chi connectivity index (χ1n) is 8.05. The molecule has 0 radical (unpaired) electrons. The van der Waals surface area contributed by atoms with Crippen molar-refractivity contribution < 1.29 is 22.4 Å². The smallest absolute Gasteiger partial charge is 0.415 e. The number of nitrogens with zero attached hydrogens (tertiary/aromatic N) is 1. The maximum Gasteiger partial charge on any atom is 0.471 e. The largest absolute Gasteiger partial charge is 0.471 e. The lowest BCUT2D eigenvalue weighted by Crippen LogP contribution is -2.63. The summed E-state index contributed by atoms with van der Waals surface area (Å²) in [4.78, 5) is 12.8. The van der Waals surface area contributed by atoms with Gasteiger partial charge < -0.3 is 14.6 Å². The Morgan fingerprint density at radius 1 is 1.30 bits per heavy atom. The number of rotatable bonds is 3. The van der Waals surface area contributed by atoms with Crippen LogP contribution in [0.1, 0.15) is 33.6 Å². The Morgan fingerprint density at radius 2 is 1.87 bits per heavy atom. The molecule has 1 aliphatic carbocycles. The highest BCUT2D eigenvalue weighted by Gasteiger charge is 2.58. The Bertz CT molecular complexity index is 470. The SMILES string of the molecule is CC(C)(C)[Si](C)(C)OCC1CN(C(=O)C(F)(F)F)C2(CC2)CN1. The molecule has 1 unspecified atom stereocenters. The number of hydrogen-bond donors (Lipinski definition) is 1. The number of alkyl halides is 3. The minimum atomic E-state index is -4.81. The molecule has 8 heteroatoms. The van der Waals surface area contributed by atoms with Crippen LogP contribution < -0.4 is 5.32 Å². The molecule has 1 saturated carbocycles. The molecule has 23 heavy (non-hydrogen) atoms. The number of hydrogen-bond acceptors (Lipinski definition) is 3. The number of piperazine rings is 1. The molecule has 2 rings (SSSR count). The number of carbonyl (C=O) groups is 1. The van der Waals surface area contributed by atoms with Gasteiger partial charge in [0, 0.05) is 19.1 Å². The summed E-state index contributed by atoms with van der Waals surface area (Å²) in [6.07, 6.45) is -3.53. The molecule has 0 aromatic heterocycles. The van der Waals surface area contributed by atoms with Crippen molar-refractivity contribution in [3.8, 4) is 0 Å². The van der Waals surface area contributed by atoms with Gasteiger partial charge in [-0.1, -0.05) is 20.8 Å². The monoisotopic (exact) mass is 352 g/mol. The topological polar surface area (TPSA) is 41.6 Å². The van der Waals surface area contributed by atoms with E-state index in [4.69, 9.17) is 4.43 Å². The van der Waals surface area contributed by atoms with Crippen LogP contribution in [0.25, 0.3) is 0 Å². The van der Waals surface area contributed by atoms with Crippen LogP contribution >= 0.6 is 0 Å². The highest BCUT2D eigenvalue weighted by atomic mass is 28.4. The van der Waals surface area contributed by atoms with Crippen LogP contribution in [-0.4, -0.2) is 56.6 Å². The number of nitrogens with one attached hydrogen (secondary N) is 1. The molecule has 2 aliphatic rings. The van der Waals surface area contributed by atoms with Crippen molar-refractivity contribution in [2.45, 2.75) is 69.5 Å². The maximum absolute atomic E-state index is 12.8. The van der Waals surface area contributed by atoms with Crippen molar-refractivity contribution in [2.75, 3.05) is 19.7 Å². The van der Waals surface area contributed by atoms with Gasteiger partial charge in [0.05, 0.1) is 12.1 Å². The zero-order valence-electron chi connectivity index (χ0n) is 14.5. The molecule has 1 atom stereocenters. The van der Waals surface area contributed by atoms with E-state index in [1.54, 1.807) is 0 Å². The van der Waals surface area contributed by atoms with Crippen LogP contribution in [0.5, 0.6) is 0 Å². The summed E-state index contributed by atoms with van der Waals surface area (Å²) in [5.74, 6) is -1.71. The van der Waals surface area contributed by atoms with E-state index in [2.05, 4.69) is 39.2 Å². The molecular formula is C15H27F3N2O2Si. The van der Waals surface area contributed by atoms with Gasteiger partial charge in [-0.05, 0) is 31.0 Å². The van der Waals surface area contributed by atoms with Gasteiger partial charge in [0.15, 0.2) is 8.32 Å². The summed E-state index contributed by atoms with van der Waals surface area (Å²) in [5, 5.41) is 3.31. The molecular weight excluding hydrogens is 325 g/mol. The second-order valence-corrected chi connectivity index (χ2v) is 13.1. The van der Waals surface area contributed by atoms with E-state index in [9.17, 15) is 18.0 Å². The van der Waals surface area contributed by atoms with Crippen LogP contribution in [0.2, 0.25) is 18.1 Å². The Labute approximate surface area is 136 Å². The Hall–Kier alpha value is -0.603. The Morgan fingerprint density at radius 3 is 2.30 bits per heavy atom. The van der Waals surface area contributed by atoms with E-state index in [1.165, 1.54) is 0 Å². The summed E-state index contributed by atoms with van der Waals surface area (Å²) in [6.45, 7) is 11.4. The van der Waals surface area contributed by atoms with Gasteiger partial charge in [0.2, 0.25) is 0 Å². The van der Waals surface area contributed by atoms with Gasteiger partial charge in [-0.15, -0.1) is 0 Å². The molecule has 2 fully saturated rings. The first-order chi connectivity index (χ1) is 10.3. The van der Waals surface area contributed by atoms with Crippen LogP contribution in [0.3, 0.4) is 0 Å². The van der Waals surface area contributed by atoms with Gasteiger partial charge in [0.25, 0.3) is 0 Å². The van der Waals surface area contributed by atoms with E-state index in [1.807, 2.05) is 0 Å². The predicted octanol–water partition coefficient (Wildman–Crippen LogP) is 2.90. The number of halogens is 3. The van der Waals surface area contributed by atoms with Crippen LogP contribution in [-0.2, 0) is 9.22 Å². The molecule has 0 bridgehead atoms. The molecule has 1 saturated heterocycles. The van der Waals surface area contributed by atoms with Gasteiger partial charge >= 0.3 is 12.1 Å². The highest BCUT2D eigenvalue weighted by Crippen LogP contribution is 2.45. The molecule has 1 aliphatic heterocycles. The van der Waals surface area contributed by atoms with Crippen LogP contribution in [0.15, 0.2) is 0 Å². The van der Waals surface area contributed by atoms with E-state index in [-0.39, 0.29) is 17.6 Å². The number of amides is 1. The van der Waals surface area contributed by atoms with Crippen molar-refractivity contribution in [1.82, 2.24) is 10.2 Å². The van der Waals surface area contributed by atoms with Gasteiger partial charge in [-0.3, -0.25) is 4.79 Å². The third-order valence-electron chi connectivity index (χ3n) is 5.46. The molecule has 0 aromatic rings. The van der Waals surface area contributed by atoms with E-state index in [0.717, 1.165) is 4.90 Å². The van der Waals surface area contributed by atoms with Gasteiger partial charge in [-0.25, -0.2) is 0 Å². The Kier molecular flexibility index (Phi) is 4.67. The lowest BCUT2D eigenvalue weighted by atomic mass is 10.1. The second kappa shape index (κ2) is 5.74. The fourth-order valence-corrected chi connectivity index (χ4v) is 3.64. The zero-order valence-corrected chi connectivity index (χ0v) is 15.5. The standard InChI is InChI=1S/C15H27F3N2O2Si/c1-13(2,3)23(4,5)22-9-11-8-20(12(21)15(16,17)18)14(6-7-14)10-19-11/h11,19H,6-10H2,1-5H3. The first kappa shape index (κ1) is 18.7. The second-order valence-electron chi connectivity index (χ2n) is 8.29. The van der Waals surface area contributed by atoms with Crippen molar-refractivity contribution in [2.24, 2.45) is 0 Å². The van der Waals surface area contributed by atoms with Gasteiger partial charge in [0.1, 0.15) is 0 Å². The van der Waals surface area contributed by atoms with E-state index < -0.39 is 25.9 Å². The van der Waals surface area contributed by atoms with Crippen molar-refractivity contribution in [3.63, 3.8) is 0 Å². The third kappa shape index (κ3) is 3.91. The fraction of sp³-hybridized carbons (Fsp3) is 0.933. The molecule has 1 spiro atoms. The maximum atomic E-state index is 12.8. The third-order valence-corrected chi connectivity index (χ3v) is 9.96. The first-order valence-corrected chi connectivity index (χ1v) is 11.0. The van der Waals surface area contributed by atoms with E-state index in [0.29, 0.717) is 26.0 Å². The highest BCUT2D eigenvalue weighted by molar-refractivity contribution is 6.74. The molecule has 4 nitrogen and oxygen atoms in total. The molecule has 1 amide bonds. The summed E-state index contributed by atoms with van der Waals surface area (Å²) in [5.41, 5.74) is -0.625. The van der Waals surface area contributed by atoms with Gasteiger partial charge in [-0.2, -0.15) is 13.2 Å². The Balaban J connectivity index is 2.00. The summed E-state index contributed by atoms with van der Waals surface area (Å²) >= 11 is 0. The molecule has 134 valence electrons. The van der Waals surface area contributed by atoms with Crippen molar-refractivity contribution >= 4 is 14.2 Å². The lowest BCUT2D eigenvalue weighted by Gasteiger charge is -2.43. The quantitative estimate of drug-likeness (QED) is 0.794. The minimum absolute atomic E-state index is 0.0425. The lowest BCUT2D eigenvalue weighted by molar-refractivity contribution is -0.190. The molecule has 1 heterocycles. The van der Waals surface area contributed by atoms with Crippen LogP contribution in [0, 0.1) is 0 Å². The van der Waals surface area contributed by atoms with Crippen LogP contribution in [0.4, 0.5) is 13.2 Å². The predicted molar refractivity (Wildman–Crippen MR) is 84.7 cm³/mol. The normalized spacial score (nSPS) is 24.9. The van der Waals surface area contributed by atoms with Crippen molar-refractivity contribution in [3.05, 3.63) is 0 Å². The van der Waals surface area contributed by atoms with Crippen molar-refractivity contribution in [1.29, 1.82) is 0 Å². The minimum Gasteiger partial charge on any atom is -0.415 e. The summed E-state index contributed by atoms with van der Waals surface area (Å²) in [7, 11) is -1.96. The zero-order chi connectivity index (χ0) is 17.7. The summed E-state index contributed by atoms with van der Waals surface area (Å²) in [6, 6.07) is -0.248. The molecule has 1 N–H and O–H groups in total. The molecule has 0 aromatic carbocycles. The van der Waals surface area contributed by atoms with E-state index >= 15 is 0 Å². The average Bonchev–Trinajstić information content (AvgIpc) is 3.15. The number of carbonyl (C=O) groups excluding carboxylic acids is 1. The summed E-state index contributed by atoms with van der Waals surface area (Å²) < 4.78 is 44.6. The fourth-order valence-electron chi connectivity index (χ4n) is 2.59. The average molecular weight is 352 g/mol.